The molecule has 0 aromatic rings. The van der Waals surface area contributed by atoms with Gasteiger partial charge in [0, 0.05) is 6.42 Å². The summed E-state index contributed by atoms with van der Waals surface area (Å²) in [4.78, 5) is 0. The number of hydrogen-bond donors (Lipinski definition) is 2. The van der Waals surface area contributed by atoms with Gasteiger partial charge in [0.1, 0.15) is 0 Å². The van der Waals surface area contributed by atoms with Crippen molar-refractivity contribution in [3.05, 3.63) is 0 Å². The van der Waals surface area contributed by atoms with E-state index in [4.69, 9.17) is 0 Å². The van der Waals surface area contributed by atoms with Crippen LogP contribution in [-0.4, -0.2) is 21.9 Å². The molecule has 0 fully saturated rings. The Hall–Kier alpha value is -0.0800. The zero-order chi connectivity index (χ0) is 11.0. The highest BCUT2D eigenvalue weighted by atomic mass is 16.3. The maximum atomic E-state index is 9.96. The van der Waals surface area contributed by atoms with Crippen molar-refractivity contribution in [3.63, 3.8) is 0 Å². The Kier molecular flexibility index (Phi) is 7.20. The van der Waals surface area contributed by atoms with Crippen LogP contribution in [0.15, 0.2) is 0 Å². The summed E-state index contributed by atoms with van der Waals surface area (Å²) in [5, 5.41) is 19.6. The van der Waals surface area contributed by atoms with Gasteiger partial charge in [-0.25, -0.2) is 0 Å². The van der Waals surface area contributed by atoms with E-state index in [1.54, 1.807) is 0 Å². The van der Waals surface area contributed by atoms with E-state index < -0.39 is 5.60 Å². The Labute approximate surface area is 88.3 Å². The Bertz CT molecular complexity index is 132. The molecule has 0 aromatic carbocycles. The molecule has 0 saturated heterocycles. The zero-order valence-corrected chi connectivity index (χ0v) is 9.92. The average molecular weight is 202 g/mol. The normalized spacial score (nSPS) is 17.8. The summed E-state index contributed by atoms with van der Waals surface area (Å²) in [7, 11) is 0. The summed E-state index contributed by atoms with van der Waals surface area (Å²) >= 11 is 0. The zero-order valence-electron chi connectivity index (χ0n) is 9.92. The average Bonchev–Trinajstić information content (AvgIpc) is 2.11. The van der Waals surface area contributed by atoms with Gasteiger partial charge in [-0.1, -0.05) is 39.5 Å². The van der Waals surface area contributed by atoms with E-state index in [-0.39, 0.29) is 6.10 Å². The standard InChI is InChI=1S/C12H26O2/c1-4-6-8-11(13)10-12(3,14)9-7-5-2/h11,13-14H,4-10H2,1-3H3. The van der Waals surface area contributed by atoms with Gasteiger partial charge in [-0.15, -0.1) is 0 Å². The highest BCUT2D eigenvalue weighted by Gasteiger charge is 2.23. The molecule has 0 radical (unpaired) electrons. The lowest BCUT2D eigenvalue weighted by molar-refractivity contribution is -0.00663. The first-order valence-electron chi connectivity index (χ1n) is 5.92. The highest BCUT2D eigenvalue weighted by Crippen LogP contribution is 2.21. The van der Waals surface area contributed by atoms with Crippen LogP contribution in [0.25, 0.3) is 0 Å². The van der Waals surface area contributed by atoms with E-state index in [1.807, 2.05) is 6.92 Å². The van der Waals surface area contributed by atoms with E-state index >= 15 is 0 Å². The number of aliphatic hydroxyl groups excluding tert-OH is 1. The van der Waals surface area contributed by atoms with Gasteiger partial charge in [0.2, 0.25) is 0 Å². The van der Waals surface area contributed by atoms with Crippen molar-refractivity contribution in [1.29, 1.82) is 0 Å². The summed E-state index contributed by atoms with van der Waals surface area (Å²) in [6.07, 6.45) is 6.09. The van der Waals surface area contributed by atoms with Crippen molar-refractivity contribution >= 4 is 0 Å². The predicted molar refractivity (Wildman–Crippen MR) is 60.3 cm³/mol. The summed E-state index contributed by atoms with van der Waals surface area (Å²) < 4.78 is 0. The van der Waals surface area contributed by atoms with Crippen LogP contribution < -0.4 is 0 Å². The molecule has 2 N–H and O–H groups in total. The van der Waals surface area contributed by atoms with Gasteiger partial charge >= 0.3 is 0 Å². The van der Waals surface area contributed by atoms with Crippen LogP contribution in [-0.2, 0) is 0 Å². The van der Waals surface area contributed by atoms with Crippen LogP contribution in [0.2, 0.25) is 0 Å². The first kappa shape index (κ1) is 13.9. The molecule has 0 bridgehead atoms. The predicted octanol–water partition coefficient (Wildman–Crippen LogP) is 2.87. The molecule has 0 aliphatic heterocycles. The molecule has 2 nitrogen and oxygen atoms in total. The van der Waals surface area contributed by atoms with Gasteiger partial charge in [-0.05, 0) is 19.8 Å². The molecule has 0 amide bonds. The second kappa shape index (κ2) is 7.24. The quantitative estimate of drug-likeness (QED) is 0.635. The van der Waals surface area contributed by atoms with Crippen molar-refractivity contribution < 1.29 is 10.2 Å². The fourth-order valence-corrected chi connectivity index (χ4v) is 1.71. The summed E-state index contributed by atoms with van der Waals surface area (Å²) in [5.41, 5.74) is -0.677. The lowest BCUT2D eigenvalue weighted by Crippen LogP contribution is -2.29. The molecule has 0 aliphatic carbocycles. The Morgan fingerprint density at radius 2 is 1.71 bits per heavy atom. The molecule has 2 unspecified atom stereocenters. The van der Waals surface area contributed by atoms with Crippen molar-refractivity contribution in [2.75, 3.05) is 0 Å². The van der Waals surface area contributed by atoms with Crippen molar-refractivity contribution in [2.24, 2.45) is 0 Å². The van der Waals surface area contributed by atoms with Gasteiger partial charge in [0.15, 0.2) is 0 Å². The smallest absolute Gasteiger partial charge is 0.0644 e. The highest BCUT2D eigenvalue weighted by molar-refractivity contribution is 4.76. The summed E-state index contributed by atoms with van der Waals surface area (Å²) in [6.45, 7) is 6.06. The maximum absolute atomic E-state index is 9.96. The van der Waals surface area contributed by atoms with E-state index in [0.29, 0.717) is 6.42 Å². The molecule has 86 valence electrons. The van der Waals surface area contributed by atoms with Crippen LogP contribution in [0.1, 0.15) is 65.7 Å². The number of hydrogen-bond acceptors (Lipinski definition) is 2. The maximum Gasteiger partial charge on any atom is 0.0644 e. The molecule has 0 heterocycles. The van der Waals surface area contributed by atoms with E-state index in [9.17, 15) is 10.2 Å². The minimum atomic E-state index is -0.677. The minimum absolute atomic E-state index is 0.332. The number of rotatable bonds is 8. The van der Waals surface area contributed by atoms with Crippen LogP contribution in [0.3, 0.4) is 0 Å². The van der Waals surface area contributed by atoms with Crippen molar-refractivity contribution in [3.8, 4) is 0 Å². The Morgan fingerprint density at radius 1 is 1.14 bits per heavy atom. The summed E-state index contributed by atoms with van der Waals surface area (Å²) in [5.74, 6) is 0. The summed E-state index contributed by atoms with van der Waals surface area (Å²) in [6, 6.07) is 0. The Balaban J connectivity index is 3.70. The first-order valence-corrected chi connectivity index (χ1v) is 5.92. The van der Waals surface area contributed by atoms with Gasteiger partial charge in [-0.3, -0.25) is 0 Å². The number of unbranched alkanes of at least 4 members (excludes halogenated alkanes) is 2. The van der Waals surface area contributed by atoms with Gasteiger partial charge in [0.05, 0.1) is 11.7 Å². The molecule has 2 heteroatoms. The molecular formula is C12H26O2. The SMILES string of the molecule is CCCCC(O)CC(C)(O)CCCC. The molecule has 2 atom stereocenters. The van der Waals surface area contributed by atoms with E-state index in [1.165, 1.54) is 0 Å². The number of aliphatic hydroxyl groups is 2. The molecule has 0 spiro atoms. The van der Waals surface area contributed by atoms with Crippen molar-refractivity contribution in [1.82, 2.24) is 0 Å². The molecular weight excluding hydrogens is 176 g/mol. The largest absolute Gasteiger partial charge is 0.393 e. The molecule has 0 aliphatic rings. The third kappa shape index (κ3) is 7.34. The van der Waals surface area contributed by atoms with E-state index in [0.717, 1.165) is 38.5 Å². The third-order valence-corrected chi connectivity index (χ3v) is 2.64. The lowest BCUT2D eigenvalue weighted by atomic mass is 9.91. The van der Waals surface area contributed by atoms with Crippen molar-refractivity contribution in [2.45, 2.75) is 77.4 Å². The second-order valence-corrected chi connectivity index (χ2v) is 4.60. The lowest BCUT2D eigenvalue weighted by Gasteiger charge is -2.25. The monoisotopic (exact) mass is 202 g/mol. The van der Waals surface area contributed by atoms with E-state index in [2.05, 4.69) is 13.8 Å². The molecule has 0 aromatic heterocycles. The van der Waals surface area contributed by atoms with Crippen LogP contribution in [0, 0.1) is 0 Å². The minimum Gasteiger partial charge on any atom is -0.393 e. The Morgan fingerprint density at radius 3 is 2.21 bits per heavy atom. The second-order valence-electron chi connectivity index (χ2n) is 4.60. The van der Waals surface area contributed by atoms with Gasteiger partial charge < -0.3 is 10.2 Å². The topological polar surface area (TPSA) is 40.5 Å². The fourth-order valence-electron chi connectivity index (χ4n) is 1.71. The fraction of sp³-hybridized carbons (Fsp3) is 1.00. The third-order valence-electron chi connectivity index (χ3n) is 2.64. The van der Waals surface area contributed by atoms with Gasteiger partial charge in [0.25, 0.3) is 0 Å². The molecule has 14 heavy (non-hydrogen) atoms. The van der Waals surface area contributed by atoms with Crippen LogP contribution in [0.4, 0.5) is 0 Å². The van der Waals surface area contributed by atoms with Gasteiger partial charge in [-0.2, -0.15) is 0 Å². The van der Waals surface area contributed by atoms with Crippen LogP contribution >= 0.6 is 0 Å². The molecule has 0 rings (SSSR count). The van der Waals surface area contributed by atoms with Crippen LogP contribution in [0.5, 0.6) is 0 Å². The first-order chi connectivity index (χ1) is 6.52. The molecule has 0 saturated carbocycles.